The van der Waals surface area contributed by atoms with Crippen LogP contribution < -0.4 is 5.54 Å². The molecule has 12 heavy (non-hydrogen) atoms. The van der Waals surface area contributed by atoms with Gasteiger partial charge in [-0.1, -0.05) is 6.08 Å². The van der Waals surface area contributed by atoms with E-state index in [1.165, 1.54) is 13.2 Å². The third-order valence-corrected chi connectivity index (χ3v) is 1.91. The van der Waals surface area contributed by atoms with Crippen LogP contribution in [0.3, 0.4) is 0 Å². The molecule has 1 aliphatic carbocycles. The third kappa shape index (κ3) is 1.55. The number of hydrogen-bond donors (Lipinski definition) is 1. The zero-order chi connectivity index (χ0) is 9.14. The van der Waals surface area contributed by atoms with Gasteiger partial charge in [0.2, 0.25) is 0 Å². The van der Waals surface area contributed by atoms with Gasteiger partial charge in [0.1, 0.15) is 0 Å². The molecule has 0 saturated heterocycles. The van der Waals surface area contributed by atoms with Crippen LogP contribution in [0, 0.1) is 0 Å². The molecule has 0 bridgehead atoms. The predicted molar refractivity (Wildman–Crippen MR) is 37.5 cm³/mol. The smallest absolute Gasteiger partial charge is 0.175 e. The van der Waals surface area contributed by atoms with Crippen LogP contribution in [-0.4, -0.2) is 25.6 Å². The van der Waals surface area contributed by atoms with Crippen LogP contribution in [0.2, 0.25) is 0 Å². The van der Waals surface area contributed by atoms with Crippen LogP contribution in [-0.2, 0) is 4.74 Å². The molecule has 2 nitrogen and oxygen atoms in total. The van der Waals surface area contributed by atoms with Crippen molar-refractivity contribution in [2.75, 3.05) is 7.11 Å². The number of methoxy groups -OCH3 is 1. The Morgan fingerprint density at radius 1 is 1.58 bits per heavy atom. The first-order valence-electron chi connectivity index (χ1n) is 3.58. The fourth-order valence-electron chi connectivity index (χ4n) is 1.16. The Labute approximate surface area is 68.3 Å². The molecule has 0 aromatic carbocycles. The van der Waals surface area contributed by atoms with Crippen molar-refractivity contribution in [1.82, 2.24) is 5.54 Å². The Morgan fingerprint density at radius 2 is 2.25 bits per heavy atom. The summed E-state index contributed by atoms with van der Waals surface area (Å²) in [6.07, 6.45) is -3.11. The van der Waals surface area contributed by atoms with Gasteiger partial charge in [0.15, 0.2) is 12.3 Å². The Morgan fingerprint density at radius 3 is 2.75 bits per heavy atom. The topological polar surface area (TPSA) is 21.3 Å². The zero-order valence-corrected chi connectivity index (χ0v) is 6.56. The van der Waals surface area contributed by atoms with Crippen molar-refractivity contribution >= 4 is 0 Å². The van der Waals surface area contributed by atoms with E-state index in [1.807, 2.05) is 0 Å². The summed E-state index contributed by atoms with van der Waals surface area (Å²) in [6, 6.07) is 0. The second kappa shape index (κ2) is 3.80. The fraction of sp³-hybridized carbons (Fsp3) is 0.714. The van der Waals surface area contributed by atoms with Gasteiger partial charge >= 0.3 is 0 Å². The minimum Gasteiger partial charge on any atom is -0.378 e. The second-order valence-corrected chi connectivity index (χ2v) is 2.61. The van der Waals surface area contributed by atoms with Crippen molar-refractivity contribution in [2.24, 2.45) is 0 Å². The molecule has 0 heterocycles. The lowest BCUT2D eigenvalue weighted by atomic mass is 9.98. The van der Waals surface area contributed by atoms with Crippen LogP contribution in [0.5, 0.6) is 0 Å². The van der Waals surface area contributed by atoms with E-state index >= 15 is 0 Å². The Kier molecular flexibility index (Phi) is 2.97. The average Bonchev–Trinajstić information content (AvgIpc) is 2.10. The summed E-state index contributed by atoms with van der Waals surface area (Å²) in [5, 5.41) is 0. The predicted octanol–water partition coefficient (Wildman–Crippen LogP) is 1.44. The number of alkyl halides is 2. The largest absolute Gasteiger partial charge is 0.378 e. The number of nitrogens with one attached hydrogen (secondary N) is 1. The molecule has 5 heteroatoms. The van der Waals surface area contributed by atoms with Crippen molar-refractivity contribution in [3.63, 3.8) is 0 Å². The highest BCUT2D eigenvalue weighted by atomic mass is 19.2. The molecular formula is C7H10F3NO. The van der Waals surface area contributed by atoms with Gasteiger partial charge in [-0.25, -0.2) is 14.3 Å². The summed E-state index contributed by atoms with van der Waals surface area (Å²) in [7, 11) is 1.30. The van der Waals surface area contributed by atoms with E-state index in [4.69, 9.17) is 0 Å². The van der Waals surface area contributed by atoms with Crippen molar-refractivity contribution in [1.29, 1.82) is 0 Å². The monoisotopic (exact) mass is 181 g/mol. The molecule has 1 N–H and O–H groups in total. The number of rotatable bonds is 2. The number of hydrogen-bond acceptors (Lipinski definition) is 2. The summed E-state index contributed by atoms with van der Waals surface area (Å²) in [4.78, 5) is 0. The SMILES string of the molecule is COC1CC=C(NF)C(F)C1F. The van der Waals surface area contributed by atoms with Gasteiger partial charge < -0.3 is 4.74 Å². The van der Waals surface area contributed by atoms with Gasteiger partial charge in [0.25, 0.3) is 0 Å². The summed E-state index contributed by atoms with van der Waals surface area (Å²) in [5.41, 5.74) is 0.768. The Bertz CT molecular complexity index is 185. The number of halogens is 3. The lowest BCUT2D eigenvalue weighted by Gasteiger charge is -2.26. The van der Waals surface area contributed by atoms with E-state index in [0.29, 0.717) is 0 Å². The van der Waals surface area contributed by atoms with Gasteiger partial charge in [-0.05, 0) is 6.42 Å². The third-order valence-electron chi connectivity index (χ3n) is 1.91. The minimum absolute atomic E-state index is 0.185. The van der Waals surface area contributed by atoms with Crippen molar-refractivity contribution in [2.45, 2.75) is 24.9 Å². The standard InChI is InChI=1S/C7H10F3NO/c1-12-5-3-2-4(11-10)6(8)7(5)9/h2,5-7,11H,3H2,1H3. The van der Waals surface area contributed by atoms with Crippen LogP contribution in [0.15, 0.2) is 11.8 Å². The number of ether oxygens (including phenoxy) is 1. The van der Waals surface area contributed by atoms with Crippen molar-refractivity contribution in [3.05, 3.63) is 11.8 Å². The molecule has 1 rings (SSSR count). The maximum Gasteiger partial charge on any atom is 0.175 e. The zero-order valence-electron chi connectivity index (χ0n) is 6.56. The van der Waals surface area contributed by atoms with Gasteiger partial charge in [0.05, 0.1) is 11.8 Å². The van der Waals surface area contributed by atoms with Crippen LogP contribution in [0.1, 0.15) is 6.42 Å². The van der Waals surface area contributed by atoms with Crippen molar-refractivity contribution < 1.29 is 18.0 Å². The molecule has 0 fully saturated rings. The van der Waals surface area contributed by atoms with Gasteiger partial charge in [-0.2, -0.15) is 0 Å². The van der Waals surface area contributed by atoms with E-state index in [-0.39, 0.29) is 12.1 Å². The molecule has 1 aliphatic rings. The first-order chi connectivity index (χ1) is 5.70. The molecule has 0 aromatic heterocycles. The maximum absolute atomic E-state index is 12.9. The van der Waals surface area contributed by atoms with Gasteiger partial charge in [-0.3, -0.25) is 0 Å². The molecular weight excluding hydrogens is 171 g/mol. The summed E-state index contributed by atoms with van der Waals surface area (Å²) in [5.74, 6) is 0. The van der Waals surface area contributed by atoms with Crippen LogP contribution in [0.25, 0.3) is 0 Å². The summed E-state index contributed by atoms with van der Waals surface area (Å²) >= 11 is 0. The average molecular weight is 181 g/mol. The second-order valence-electron chi connectivity index (χ2n) is 2.61. The molecule has 3 unspecified atom stereocenters. The van der Waals surface area contributed by atoms with Crippen LogP contribution in [0.4, 0.5) is 13.3 Å². The highest BCUT2D eigenvalue weighted by Gasteiger charge is 2.35. The lowest BCUT2D eigenvalue weighted by molar-refractivity contribution is -0.00519. The highest BCUT2D eigenvalue weighted by molar-refractivity contribution is 5.13. The van der Waals surface area contributed by atoms with Gasteiger partial charge in [-0.15, -0.1) is 4.48 Å². The molecule has 0 spiro atoms. The number of allylic oxidation sites excluding steroid dienone is 1. The minimum atomic E-state index is -1.95. The maximum atomic E-state index is 12.9. The molecule has 70 valence electrons. The Hall–Kier alpha value is -0.710. The highest BCUT2D eigenvalue weighted by Crippen LogP contribution is 2.25. The molecule has 0 amide bonds. The molecule has 3 atom stereocenters. The Balaban J connectivity index is 2.69. The quantitative estimate of drug-likeness (QED) is 0.651. The fourth-order valence-corrected chi connectivity index (χ4v) is 1.16. The van der Waals surface area contributed by atoms with E-state index in [2.05, 4.69) is 4.74 Å². The summed E-state index contributed by atoms with van der Waals surface area (Å²) in [6.45, 7) is 0. The van der Waals surface area contributed by atoms with Crippen LogP contribution >= 0.6 is 0 Å². The molecule has 0 radical (unpaired) electrons. The van der Waals surface area contributed by atoms with E-state index < -0.39 is 18.4 Å². The molecule has 0 aliphatic heterocycles. The summed E-state index contributed by atoms with van der Waals surface area (Å²) < 4.78 is 42.2. The molecule has 0 aromatic rings. The van der Waals surface area contributed by atoms with E-state index in [9.17, 15) is 13.3 Å². The van der Waals surface area contributed by atoms with Crippen molar-refractivity contribution in [3.8, 4) is 0 Å². The van der Waals surface area contributed by atoms with E-state index in [0.717, 1.165) is 5.54 Å². The molecule has 0 saturated carbocycles. The van der Waals surface area contributed by atoms with E-state index in [1.54, 1.807) is 0 Å². The lowest BCUT2D eigenvalue weighted by Crippen LogP contribution is -2.39. The normalized spacial score (nSPS) is 36.0. The first-order valence-corrected chi connectivity index (χ1v) is 3.58. The first kappa shape index (κ1) is 9.38. The van der Waals surface area contributed by atoms with Gasteiger partial charge in [0, 0.05) is 7.11 Å².